The number of halogens is 2. The Labute approximate surface area is 229 Å². The van der Waals surface area contributed by atoms with Crippen molar-refractivity contribution >= 4 is 39.1 Å². The molecule has 4 rings (SSSR count). The second kappa shape index (κ2) is 12.4. The molecule has 0 atom stereocenters. The van der Waals surface area contributed by atoms with Gasteiger partial charge in [0.05, 0.1) is 4.90 Å². The Morgan fingerprint density at radius 3 is 2.14 bits per heavy atom. The van der Waals surface area contributed by atoms with E-state index in [1.807, 2.05) is 61.5 Å². The molecule has 0 unspecified atom stereocenters. The maximum absolute atomic E-state index is 13.7. The topological polar surface area (TPSA) is 66.5 Å². The van der Waals surface area contributed by atoms with Crippen molar-refractivity contribution in [2.45, 2.75) is 50.6 Å². The van der Waals surface area contributed by atoms with Crippen LogP contribution >= 0.6 is 23.2 Å². The van der Waals surface area contributed by atoms with E-state index in [2.05, 4.69) is 5.32 Å². The maximum Gasteiger partial charge on any atom is 0.243 e. The van der Waals surface area contributed by atoms with Gasteiger partial charge in [-0.1, -0.05) is 83.4 Å². The third kappa shape index (κ3) is 7.57. The highest BCUT2D eigenvalue weighted by Crippen LogP contribution is 2.32. The number of nitrogens with one attached hydrogen (secondary N) is 1. The predicted octanol–water partition coefficient (Wildman–Crippen LogP) is 6.62. The molecular weight excluding hydrogens is 527 g/mol. The van der Waals surface area contributed by atoms with Crippen molar-refractivity contribution in [2.24, 2.45) is 11.8 Å². The number of hydrogen-bond donors (Lipinski definition) is 1. The molecule has 1 saturated carbocycles. The van der Waals surface area contributed by atoms with Crippen molar-refractivity contribution in [1.29, 1.82) is 0 Å². The van der Waals surface area contributed by atoms with Gasteiger partial charge >= 0.3 is 0 Å². The Kier molecular flexibility index (Phi) is 9.30. The van der Waals surface area contributed by atoms with Crippen LogP contribution in [0.1, 0.15) is 42.4 Å². The van der Waals surface area contributed by atoms with Crippen LogP contribution in [-0.4, -0.2) is 25.2 Å². The van der Waals surface area contributed by atoms with Gasteiger partial charge in [-0.05, 0) is 67.9 Å². The van der Waals surface area contributed by atoms with Crippen LogP contribution in [-0.2, 0) is 27.9 Å². The van der Waals surface area contributed by atoms with Gasteiger partial charge in [0.15, 0.2) is 0 Å². The standard InChI is InChI=1S/C29H32Cl2N2O3S/c1-21-7-9-22(10-8-21)18-32-29(34)25-13-11-24(12-14-25)20-33(19-23-5-3-2-4-6-23)37(35,36)28-16-26(30)15-27(31)17-28/h2-10,15-17,24-25H,11-14,18-20H2,1H3,(H,32,34). The van der Waals surface area contributed by atoms with Crippen LogP contribution in [0.2, 0.25) is 10.0 Å². The van der Waals surface area contributed by atoms with Crippen LogP contribution in [0.5, 0.6) is 0 Å². The first-order valence-corrected chi connectivity index (χ1v) is 14.7. The fourth-order valence-electron chi connectivity index (χ4n) is 4.80. The van der Waals surface area contributed by atoms with E-state index < -0.39 is 10.0 Å². The number of amides is 1. The second-order valence-corrected chi connectivity index (χ2v) is 12.6. The van der Waals surface area contributed by atoms with Gasteiger partial charge in [-0.3, -0.25) is 4.79 Å². The summed E-state index contributed by atoms with van der Waals surface area (Å²) < 4.78 is 28.9. The van der Waals surface area contributed by atoms with Crippen LogP contribution in [0.4, 0.5) is 0 Å². The van der Waals surface area contributed by atoms with Gasteiger partial charge in [-0.15, -0.1) is 0 Å². The lowest BCUT2D eigenvalue weighted by Gasteiger charge is -2.32. The molecular formula is C29H32Cl2N2O3S. The monoisotopic (exact) mass is 558 g/mol. The van der Waals surface area contributed by atoms with Crippen LogP contribution < -0.4 is 5.32 Å². The molecule has 1 fully saturated rings. The summed E-state index contributed by atoms with van der Waals surface area (Å²) >= 11 is 12.2. The Morgan fingerprint density at radius 2 is 1.51 bits per heavy atom. The first-order chi connectivity index (χ1) is 17.7. The predicted molar refractivity (Wildman–Crippen MR) is 149 cm³/mol. The van der Waals surface area contributed by atoms with Crippen molar-refractivity contribution < 1.29 is 13.2 Å². The molecule has 196 valence electrons. The van der Waals surface area contributed by atoms with Crippen molar-refractivity contribution in [3.63, 3.8) is 0 Å². The van der Waals surface area contributed by atoms with E-state index in [0.29, 0.717) is 13.1 Å². The van der Waals surface area contributed by atoms with E-state index in [0.717, 1.165) is 36.8 Å². The minimum absolute atomic E-state index is 0.0485. The number of carbonyl (C=O) groups is 1. The fraction of sp³-hybridized carbons (Fsp3) is 0.345. The fourth-order valence-corrected chi connectivity index (χ4v) is 7.03. The molecule has 0 aromatic heterocycles. The summed E-state index contributed by atoms with van der Waals surface area (Å²) in [5, 5.41) is 3.62. The van der Waals surface area contributed by atoms with Crippen molar-refractivity contribution in [3.05, 3.63) is 99.5 Å². The molecule has 37 heavy (non-hydrogen) atoms. The first kappa shape index (κ1) is 27.6. The Morgan fingerprint density at radius 1 is 0.892 bits per heavy atom. The summed E-state index contributed by atoms with van der Waals surface area (Å²) in [4.78, 5) is 12.9. The molecule has 0 aliphatic heterocycles. The van der Waals surface area contributed by atoms with E-state index in [4.69, 9.17) is 23.2 Å². The number of sulfonamides is 1. The minimum atomic E-state index is -3.83. The van der Waals surface area contributed by atoms with Gasteiger partial charge in [0.25, 0.3) is 0 Å². The molecule has 1 N–H and O–H groups in total. The summed E-state index contributed by atoms with van der Waals surface area (Å²) in [6.45, 7) is 3.19. The van der Waals surface area contributed by atoms with Crippen molar-refractivity contribution in [2.75, 3.05) is 6.54 Å². The molecule has 1 aliphatic rings. The van der Waals surface area contributed by atoms with Crippen molar-refractivity contribution in [3.8, 4) is 0 Å². The summed E-state index contributed by atoms with van der Waals surface area (Å²) in [5.74, 6) is 0.184. The molecule has 0 heterocycles. The molecule has 0 saturated heterocycles. The number of nitrogens with zero attached hydrogens (tertiary/aromatic N) is 1. The molecule has 8 heteroatoms. The SMILES string of the molecule is Cc1ccc(CNC(=O)C2CCC(CN(Cc3ccccc3)S(=O)(=O)c3cc(Cl)cc(Cl)c3)CC2)cc1. The summed E-state index contributed by atoms with van der Waals surface area (Å²) in [7, 11) is -3.83. The molecule has 0 bridgehead atoms. The highest BCUT2D eigenvalue weighted by molar-refractivity contribution is 7.89. The zero-order valence-corrected chi connectivity index (χ0v) is 23.2. The quantitative estimate of drug-likeness (QED) is 0.321. The first-order valence-electron chi connectivity index (χ1n) is 12.5. The lowest BCUT2D eigenvalue weighted by atomic mass is 9.81. The second-order valence-electron chi connectivity index (χ2n) is 9.81. The van der Waals surface area contributed by atoms with Crippen LogP contribution in [0, 0.1) is 18.8 Å². The lowest BCUT2D eigenvalue weighted by molar-refractivity contribution is -0.126. The largest absolute Gasteiger partial charge is 0.352 e. The highest BCUT2D eigenvalue weighted by Gasteiger charge is 2.32. The number of aryl methyl sites for hydroxylation is 1. The van der Waals surface area contributed by atoms with E-state index in [9.17, 15) is 13.2 Å². The molecule has 1 amide bonds. The lowest BCUT2D eigenvalue weighted by Crippen LogP contribution is -2.38. The molecule has 3 aromatic rings. The van der Waals surface area contributed by atoms with Crippen molar-refractivity contribution in [1.82, 2.24) is 9.62 Å². The van der Waals surface area contributed by atoms with Gasteiger partial charge in [-0.25, -0.2) is 8.42 Å². The minimum Gasteiger partial charge on any atom is -0.352 e. The summed E-state index contributed by atoms with van der Waals surface area (Å²) in [6.07, 6.45) is 3.07. The van der Waals surface area contributed by atoms with Gasteiger partial charge in [0, 0.05) is 35.6 Å². The van der Waals surface area contributed by atoms with Crippen LogP contribution in [0.15, 0.2) is 77.7 Å². The highest BCUT2D eigenvalue weighted by atomic mass is 35.5. The molecule has 1 aliphatic carbocycles. The van der Waals surface area contributed by atoms with E-state index >= 15 is 0 Å². The Hall–Kier alpha value is -2.38. The Bertz CT molecular complexity index is 1290. The van der Waals surface area contributed by atoms with Gasteiger partial charge in [0.1, 0.15) is 0 Å². The zero-order chi connectivity index (χ0) is 26.4. The number of benzene rings is 3. The van der Waals surface area contributed by atoms with E-state index in [1.54, 1.807) is 0 Å². The van der Waals surface area contributed by atoms with Gasteiger partial charge in [0.2, 0.25) is 15.9 Å². The number of rotatable bonds is 9. The van der Waals surface area contributed by atoms with Gasteiger partial charge in [-0.2, -0.15) is 4.31 Å². The molecule has 0 spiro atoms. The van der Waals surface area contributed by atoms with E-state index in [-0.39, 0.29) is 39.2 Å². The average Bonchev–Trinajstić information content (AvgIpc) is 2.88. The van der Waals surface area contributed by atoms with E-state index in [1.165, 1.54) is 28.1 Å². The number of hydrogen-bond acceptors (Lipinski definition) is 3. The molecule has 3 aromatic carbocycles. The number of carbonyl (C=O) groups excluding carboxylic acids is 1. The zero-order valence-electron chi connectivity index (χ0n) is 20.9. The third-order valence-electron chi connectivity index (χ3n) is 6.94. The van der Waals surface area contributed by atoms with Crippen LogP contribution in [0.25, 0.3) is 0 Å². The Balaban J connectivity index is 1.41. The average molecular weight is 560 g/mol. The molecule has 0 radical (unpaired) electrons. The maximum atomic E-state index is 13.7. The summed E-state index contributed by atoms with van der Waals surface area (Å²) in [5.41, 5.74) is 3.18. The third-order valence-corrected chi connectivity index (χ3v) is 9.17. The smallest absolute Gasteiger partial charge is 0.243 e. The normalized spacial score (nSPS) is 18.1. The van der Waals surface area contributed by atoms with Gasteiger partial charge < -0.3 is 5.32 Å². The summed E-state index contributed by atoms with van der Waals surface area (Å²) in [6, 6.07) is 22.1. The molecule has 5 nitrogen and oxygen atoms in total. The van der Waals surface area contributed by atoms with Crippen LogP contribution in [0.3, 0.4) is 0 Å².